The van der Waals surface area contributed by atoms with E-state index < -0.39 is 0 Å². The quantitative estimate of drug-likeness (QED) is 0.617. The fourth-order valence-electron chi connectivity index (χ4n) is 1.65. The van der Waals surface area contributed by atoms with Crippen LogP contribution in [0.1, 0.15) is 26.3 Å². The molecule has 68 valence electrons. The number of benzene rings is 1. The molecule has 0 spiro atoms. The van der Waals surface area contributed by atoms with E-state index in [-0.39, 0.29) is 5.41 Å². The Kier molecular flexibility index (Phi) is 2.09. The van der Waals surface area contributed by atoms with Crippen molar-refractivity contribution in [2.24, 2.45) is 0 Å². The van der Waals surface area contributed by atoms with Gasteiger partial charge in [-0.15, -0.1) is 0 Å². The van der Waals surface area contributed by atoms with Gasteiger partial charge in [0.2, 0.25) is 0 Å². The summed E-state index contributed by atoms with van der Waals surface area (Å²) in [5.41, 5.74) is 1.76. The molecule has 2 rings (SSSR count). The maximum atomic E-state index is 2.31. The van der Waals surface area contributed by atoms with Crippen molar-refractivity contribution in [3.8, 4) is 0 Å². The third-order valence-corrected chi connectivity index (χ3v) is 4.15. The monoisotopic (exact) mass is 238 g/mol. The fourth-order valence-corrected chi connectivity index (χ4v) is 3.35. The Labute approximate surface area is 85.3 Å². The van der Waals surface area contributed by atoms with Gasteiger partial charge in [-0.3, -0.25) is 0 Å². The molecule has 0 N–H and O–H groups in total. The van der Waals surface area contributed by atoms with Crippen molar-refractivity contribution in [3.63, 3.8) is 0 Å². The molecule has 0 fully saturated rings. The van der Waals surface area contributed by atoms with Crippen LogP contribution in [0, 0.1) is 0 Å². The van der Waals surface area contributed by atoms with Gasteiger partial charge in [0.05, 0.1) is 0 Å². The standard InChI is InChI=1S/C12H14Se/c1-12(2,3)10-5-4-6-11-9(10)7-8-13-11/h4-8H,1-3H3. The molecule has 0 saturated heterocycles. The van der Waals surface area contributed by atoms with Crippen molar-refractivity contribution in [2.45, 2.75) is 26.2 Å². The summed E-state index contributed by atoms with van der Waals surface area (Å²) in [6.45, 7) is 6.84. The molecule has 0 aliphatic heterocycles. The Bertz CT molecular complexity index is 418. The molecule has 0 amide bonds. The third kappa shape index (κ3) is 1.59. The molecule has 1 aromatic heterocycles. The summed E-state index contributed by atoms with van der Waals surface area (Å²) in [4.78, 5) is 2.31. The van der Waals surface area contributed by atoms with Crippen LogP contribution in [-0.4, -0.2) is 14.5 Å². The van der Waals surface area contributed by atoms with Crippen LogP contribution < -0.4 is 0 Å². The Morgan fingerprint density at radius 3 is 2.54 bits per heavy atom. The molecule has 0 aliphatic carbocycles. The third-order valence-electron chi connectivity index (χ3n) is 2.30. The van der Waals surface area contributed by atoms with Gasteiger partial charge in [-0.05, 0) is 0 Å². The average Bonchev–Trinajstić information content (AvgIpc) is 2.48. The zero-order valence-electron chi connectivity index (χ0n) is 8.29. The Hall–Kier alpha value is -0.521. The molecular weight excluding hydrogens is 223 g/mol. The van der Waals surface area contributed by atoms with Crippen molar-refractivity contribution in [1.82, 2.24) is 0 Å². The second-order valence-corrected chi connectivity index (χ2v) is 6.38. The van der Waals surface area contributed by atoms with Gasteiger partial charge in [-0.1, -0.05) is 0 Å². The van der Waals surface area contributed by atoms with E-state index in [1.54, 1.807) is 4.26 Å². The zero-order chi connectivity index (χ0) is 9.47. The SMILES string of the molecule is CC(C)(C)c1cccc2[se]ccc12. The van der Waals surface area contributed by atoms with E-state index >= 15 is 0 Å². The summed E-state index contributed by atoms with van der Waals surface area (Å²) in [5.74, 6) is 0. The van der Waals surface area contributed by atoms with E-state index in [0.29, 0.717) is 14.5 Å². The van der Waals surface area contributed by atoms with Crippen LogP contribution in [0.3, 0.4) is 0 Å². The summed E-state index contributed by atoms with van der Waals surface area (Å²) in [5, 5.41) is 1.48. The number of fused-ring (bicyclic) bond motifs is 1. The van der Waals surface area contributed by atoms with Crippen LogP contribution in [0.15, 0.2) is 29.2 Å². The molecule has 0 bridgehead atoms. The summed E-state index contributed by atoms with van der Waals surface area (Å²) >= 11 is 0.580. The molecule has 0 saturated carbocycles. The van der Waals surface area contributed by atoms with Gasteiger partial charge in [0.1, 0.15) is 0 Å². The van der Waals surface area contributed by atoms with E-state index in [1.807, 2.05) is 0 Å². The minimum absolute atomic E-state index is 0.274. The summed E-state index contributed by atoms with van der Waals surface area (Å²) in [7, 11) is 0. The van der Waals surface area contributed by atoms with Crippen LogP contribution in [-0.2, 0) is 5.41 Å². The average molecular weight is 237 g/mol. The first-order valence-electron chi connectivity index (χ1n) is 4.56. The van der Waals surface area contributed by atoms with Crippen molar-refractivity contribution < 1.29 is 0 Å². The molecule has 0 aliphatic rings. The summed E-state index contributed by atoms with van der Waals surface area (Å²) in [6, 6.07) is 8.99. The minimum atomic E-state index is 0.274. The molecule has 0 unspecified atom stereocenters. The van der Waals surface area contributed by atoms with Gasteiger partial charge in [0, 0.05) is 0 Å². The van der Waals surface area contributed by atoms with Gasteiger partial charge in [-0.2, -0.15) is 0 Å². The molecule has 1 heterocycles. The molecular formula is C12H14Se. The van der Waals surface area contributed by atoms with E-state index in [0.717, 1.165) is 0 Å². The number of rotatable bonds is 0. The predicted molar refractivity (Wildman–Crippen MR) is 59.6 cm³/mol. The topological polar surface area (TPSA) is 0 Å². The molecule has 2 aromatic rings. The Balaban J connectivity index is 2.75. The van der Waals surface area contributed by atoms with Gasteiger partial charge in [0.25, 0.3) is 0 Å². The molecule has 0 atom stereocenters. The Morgan fingerprint density at radius 2 is 1.85 bits per heavy atom. The van der Waals surface area contributed by atoms with Crippen LogP contribution in [0.2, 0.25) is 0 Å². The Morgan fingerprint density at radius 1 is 1.08 bits per heavy atom. The van der Waals surface area contributed by atoms with Crippen molar-refractivity contribution in [2.75, 3.05) is 0 Å². The number of hydrogen-bond acceptors (Lipinski definition) is 0. The first kappa shape index (κ1) is 9.05. The zero-order valence-corrected chi connectivity index (χ0v) is 10.0. The first-order chi connectivity index (χ1) is 6.09. The van der Waals surface area contributed by atoms with E-state index in [1.165, 1.54) is 10.9 Å². The first-order valence-corrected chi connectivity index (χ1v) is 6.40. The van der Waals surface area contributed by atoms with Crippen molar-refractivity contribution in [1.29, 1.82) is 0 Å². The van der Waals surface area contributed by atoms with E-state index in [2.05, 4.69) is 50.0 Å². The van der Waals surface area contributed by atoms with Gasteiger partial charge < -0.3 is 0 Å². The van der Waals surface area contributed by atoms with Crippen LogP contribution in [0.25, 0.3) is 9.65 Å². The molecule has 1 heteroatoms. The van der Waals surface area contributed by atoms with Gasteiger partial charge >= 0.3 is 85.1 Å². The van der Waals surface area contributed by atoms with Gasteiger partial charge in [-0.25, -0.2) is 0 Å². The van der Waals surface area contributed by atoms with Crippen molar-refractivity contribution in [3.05, 3.63) is 34.8 Å². The summed E-state index contributed by atoms with van der Waals surface area (Å²) < 4.78 is 1.54. The van der Waals surface area contributed by atoms with E-state index in [4.69, 9.17) is 0 Å². The molecule has 13 heavy (non-hydrogen) atoms. The second-order valence-electron chi connectivity index (χ2n) is 4.39. The predicted octanol–water partition coefficient (Wildman–Crippen LogP) is 3.19. The fraction of sp³-hybridized carbons (Fsp3) is 0.333. The summed E-state index contributed by atoms with van der Waals surface area (Å²) in [6.07, 6.45) is 0. The second kappa shape index (κ2) is 3.01. The van der Waals surface area contributed by atoms with Gasteiger partial charge in [0.15, 0.2) is 0 Å². The normalized spacial score (nSPS) is 12.2. The van der Waals surface area contributed by atoms with Crippen molar-refractivity contribution >= 4 is 24.1 Å². The van der Waals surface area contributed by atoms with Crippen LogP contribution in [0.5, 0.6) is 0 Å². The van der Waals surface area contributed by atoms with E-state index in [9.17, 15) is 0 Å². The molecule has 0 nitrogen and oxygen atoms in total. The van der Waals surface area contributed by atoms with Crippen LogP contribution >= 0.6 is 0 Å². The molecule has 0 radical (unpaired) electrons. The number of hydrogen-bond donors (Lipinski definition) is 0. The molecule has 1 aromatic carbocycles. The maximum absolute atomic E-state index is 2.31. The van der Waals surface area contributed by atoms with Crippen LogP contribution in [0.4, 0.5) is 0 Å².